The van der Waals surface area contributed by atoms with Gasteiger partial charge in [-0.25, -0.2) is 4.79 Å². The summed E-state index contributed by atoms with van der Waals surface area (Å²) in [6.45, 7) is 0. The Bertz CT molecular complexity index is 285. The second kappa shape index (κ2) is 3.00. The molecule has 1 aromatic rings. The van der Waals surface area contributed by atoms with Gasteiger partial charge in [-0.2, -0.15) is 0 Å². The van der Waals surface area contributed by atoms with Crippen molar-refractivity contribution in [2.24, 2.45) is 5.73 Å². The summed E-state index contributed by atoms with van der Waals surface area (Å²) in [6, 6.07) is 2.54. The molecule has 1 aromatic heterocycles. The highest BCUT2D eigenvalue weighted by atomic mass is 16.4. The normalized spacial score (nSPS) is 9.33. The second-order valence-corrected chi connectivity index (χ2v) is 2.10. The molecule has 0 saturated heterocycles. The number of amides is 1. The van der Waals surface area contributed by atoms with E-state index in [0.29, 0.717) is 0 Å². The highest BCUT2D eigenvalue weighted by Crippen LogP contribution is 1.98. The van der Waals surface area contributed by atoms with E-state index in [4.69, 9.17) is 10.8 Å². The average Bonchev–Trinajstić information content (AvgIpc) is 2.04. The van der Waals surface area contributed by atoms with Crippen LogP contribution in [-0.2, 0) is 0 Å². The summed E-state index contributed by atoms with van der Waals surface area (Å²) in [5.41, 5.74) is 4.97. The summed E-state index contributed by atoms with van der Waals surface area (Å²) in [5.74, 6) is -1.76. The Balaban J connectivity index is 3.01. The number of aromatic carboxylic acids is 1. The number of rotatable bonds is 2. The first kappa shape index (κ1) is 8.19. The van der Waals surface area contributed by atoms with Gasteiger partial charge in [0.2, 0.25) is 0 Å². The number of nitrogens with zero attached hydrogens (tertiary/aromatic N) is 1. The Morgan fingerprint density at radius 3 is 2.42 bits per heavy atom. The molecule has 0 aliphatic heterocycles. The van der Waals surface area contributed by atoms with Gasteiger partial charge < -0.3 is 10.8 Å². The van der Waals surface area contributed by atoms with Crippen LogP contribution in [0.1, 0.15) is 20.8 Å². The number of carboxylic acid groups (broad SMARTS) is 1. The van der Waals surface area contributed by atoms with E-state index in [9.17, 15) is 9.59 Å². The molecule has 0 aliphatic carbocycles. The van der Waals surface area contributed by atoms with Crippen LogP contribution in [0, 0.1) is 0 Å². The predicted octanol–water partition coefficient (Wildman–Crippen LogP) is -0.121. The van der Waals surface area contributed by atoms with Gasteiger partial charge in [-0.15, -0.1) is 0 Å². The lowest BCUT2D eigenvalue weighted by Gasteiger charge is -1.94. The van der Waals surface area contributed by atoms with Crippen LogP contribution >= 0.6 is 0 Å². The maximum atomic E-state index is 10.5. The highest BCUT2D eigenvalue weighted by Gasteiger charge is 2.05. The number of nitrogens with two attached hydrogens (primary N) is 1. The average molecular weight is 166 g/mol. The number of primary amides is 1. The fourth-order valence-electron chi connectivity index (χ4n) is 0.666. The summed E-state index contributed by atoms with van der Waals surface area (Å²) in [4.78, 5) is 24.4. The minimum absolute atomic E-state index is 0.0278. The van der Waals surface area contributed by atoms with Crippen LogP contribution in [0.2, 0.25) is 0 Å². The van der Waals surface area contributed by atoms with Gasteiger partial charge in [0.05, 0.1) is 5.56 Å². The first-order valence-electron chi connectivity index (χ1n) is 3.10. The van der Waals surface area contributed by atoms with E-state index >= 15 is 0 Å². The van der Waals surface area contributed by atoms with Crippen molar-refractivity contribution in [3.63, 3.8) is 0 Å². The molecule has 0 saturated carbocycles. The van der Waals surface area contributed by atoms with Crippen molar-refractivity contribution >= 4 is 11.9 Å². The number of hydrogen-bond acceptors (Lipinski definition) is 3. The zero-order valence-electron chi connectivity index (χ0n) is 6.02. The third kappa shape index (κ3) is 1.57. The van der Waals surface area contributed by atoms with Gasteiger partial charge in [0, 0.05) is 6.20 Å². The molecule has 12 heavy (non-hydrogen) atoms. The van der Waals surface area contributed by atoms with Gasteiger partial charge in [0.25, 0.3) is 5.91 Å². The van der Waals surface area contributed by atoms with Gasteiger partial charge >= 0.3 is 5.97 Å². The molecular weight excluding hydrogens is 160 g/mol. The Morgan fingerprint density at radius 2 is 2.08 bits per heavy atom. The van der Waals surface area contributed by atoms with Crippen LogP contribution in [-0.4, -0.2) is 22.0 Å². The second-order valence-electron chi connectivity index (χ2n) is 2.10. The topological polar surface area (TPSA) is 93.3 Å². The maximum Gasteiger partial charge on any atom is 0.337 e. The van der Waals surface area contributed by atoms with E-state index < -0.39 is 11.9 Å². The molecule has 1 amide bonds. The fraction of sp³-hybridized carbons (Fsp3) is 0. The maximum absolute atomic E-state index is 10.5. The van der Waals surface area contributed by atoms with Gasteiger partial charge in [-0.3, -0.25) is 9.78 Å². The monoisotopic (exact) mass is 166 g/mol. The van der Waals surface area contributed by atoms with Crippen LogP contribution in [0.4, 0.5) is 0 Å². The predicted molar refractivity (Wildman–Crippen MR) is 39.7 cm³/mol. The summed E-state index contributed by atoms with van der Waals surface area (Å²) >= 11 is 0. The standard InChI is InChI=1S/C7H6N2O3/c8-6(10)5-2-1-4(3-9-5)7(11)12/h1-3H,(H2,8,10)(H,11,12). The first-order chi connectivity index (χ1) is 5.61. The molecule has 0 atom stereocenters. The van der Waals surface area contributed by atoms with E-state index in [0.717, 1.165) is 6.20 Å². The van der Waals surface area contributed by atoms with Crippen molar-refractivity contribution in [2.45, 2.75) is 0 Å². The number of carboxylic acids is 1. The van der Waals surface area contributed by atoms with Crippen molar-refractivity contribution in [3.05, 3.63) is 29.6 Å². The van der Waals surface area contributed by atoms with Gasteiger partial charge in [0.1, 0.15) is 5.69 Å². The zero-order chi connectivity index (χ0) is 9.14. The largest absolute Gasteiger partial charge is 0.478 e. The molecule has 0 spiro atoms. The molecule has 1 heterocycles. The molecule has 0 radical (unpaired) electrons. The van der Waals surface area contributed by atoms with Crippen molar-refractivity contribution in [3.8, 4) is 0 Å². The lowest BCUT2D eigenvalue weighted by molar-refractivity contribution is 0.0695. The van der Waals surface area contributed by atoms with Crippen molar-refractivity contribution in [2.75, 3.05) is 0 Å². The Kier molecular flexibility index (Phi) is 2.05. The summed E-state index contributed by atoms with van der Waals surface area (Å²) in [6.07, 6.45) is 1.09. The Hall–Kier alpha value is -1.91. The molecule has 0 unspecified atom stereocenters. The molecule has 0 bridgehead atoms. The van der Waals surface area contributed by atoms with Crippen LogP contribution < -0.4 is 5.73 Å². The van der Waals surface area contributed by atoms with Crippen LogP contribution in [0.25, 0.3) is 0 Å². The number of pyridine rings is 1. The minimum Gasteiger partial charge on any atom is -0.478 e. The highest BCUT2D eigenvalue weighted by molar-refractivity contribution is 5.92. The minimum atomic E-state index is -1.08. The zero-order valence-corrected chi connectivity index (χ0v) is 6.02. The number of aromatic nitrogens is 1. The third-order valence-corrected chi connectivity index (χ3v) is 1.26. The Morgan fingerprint density at radius 1 is 1.42 bits per heavy atom. The summed E-state index contributed by atoms with van der Waals surface area (Å²) < 4.78 is 0. The molecule has 62 valence electrons. The van der Waals surface area contributed by atoms with E-state index in [1.54, 1.807) is 0 Å². The number of carbonyl (C=O) groups is 2. The Labute approximate surface area is 67.8 Å². The quantitative estimate of drug-likeness (QED) is 0.640. The van der Waals surface area contributed by atoms with Crippen LogP contribution in [0.5, 0.6) is 0 Å². The number of hydrogen-bond donors (Lipinski definition) is 2. The third-order valence-electron chi connectivity index (χ3n) is 1.26. The van der Waals surface area contributed by atoms with Crippen molar-refractivity contribution < 1.29 is 14.7 Å². The van der Waals surface area contributed by atoms with Gasteiger partial charge in [-0.1, -0.05) is 0 Å². The summed E-state index contributed by atoms with van der Waals surface area (Å²) in [7, 11) is 0. The molecule has 5 heteroatoms. The van der Waals surface area contributed by atoms with Crippen molar-refractivity contribution in [1.82, 2.24) is 4.98 Å². The molecule has 0 fully saturated rings. The molecular formula is C7H6N2O3. The SMILES string of the molecule is NC(=O)c1ccc(C(=O)O)cn1. The molecule has 0 aliphatic rings. The number of carbonyl (C=O) groups excluding carboxylic acids is 1. The molecule has 1 rings (SSSR count). The van der Waals surface area contributed by atoms with E-state index in [2.05, 4.69) is 4.98 Å². The van der Waals surface area contributed by atoms with Gasteiger partial charge in [-0.05, 0) is 12.1 Å². The molecule has 5 nitrogen and oxygen atoms in total. The van der Waals surface area contributed by atoms with E-state index in [-0.39, 0.29) is 11.3 Å². The lowest BCUT2D eigenvalue weighted by Crippen LogP contribution is -2.13. The smallest absolute Gasteiger partial charge is 0.337 e. The fourth-order valence-corrected chi connectivity index (χ4v) is 0.666. The van der Waals surface area contributed by atoms with E-state index in [1.807, 2.05) is 0 Å². The van der Waals surface area contributed by atoms with Crippen LogP contribution in [0.3, 0.4) is 0 Å². The van der Waals surface area contributed by atoms with Gasteiger partial charge in [0.15, 0.2) is 0 Å². The van der Waals surface area contributed by atoms with Crippen molar-refractivity contribution in [1.29, 1.82) is 0 Å². The van der Waals surface area contributed by atoms with Crippen LogP contribution in [0.15, 0.2) is 18.3 Å². The lowest BCUT2D eigenvalue weighted by atomic mass is 10.2. The summed E-state index contributed by atoms with van der Waals surface area (Å²) in [5, 5.41) is 8.46. The molecule has 3 N–H and O–H groups in total. The first-order valence-corrected chi connectivity index (χ1v) is 3.10. The molecule has 0 aromatic carbocycles. The van der Waals surface area contributed by atoms with E-state index in [1.165, 1.54) is 12.1 Å².